The Bertz CT molecular complexity index is 368. The van der Waals surface area contributed by atoms with Crippen LogP contribution in [0.15, 0.2) is 24.3 Å². The van der Waals surface area contributed by atoms with Crippen LogP contribution in [0.2, 0.25) is 0 Å². The van der Waals surface area contributed by atoms with Crippen LogP contribution in [0.1, 0.15) is 51.5 Å². The molecule has 1 aliphatic carbocycles. The first-order valence-electron chi connectivity index (χ1n) is 8.23. The van der Waals surface area contributed by atoms with Gasteiger partial charge in [0.2, 0.25) is 0 Å². The molecule has 0 saturated heterocycles. The first-order valence-corrected chi connectivity index (χ1v) is 8.23. The summed E-state index contributed by atoms with van der Waals surface area (Å²) in [4.78, 5) is 0. The van der Waals surface area contributed by atoms with Crippen molar-refractivity contribution in [2.45, 2.75) is 58.4 Å². The predicted molar refractivity (Wildman–Crippen MR) is 85.4 cm³/mol. The van der Waals surface area contributed by atoms with Crippen molar-refractivity contribution in [1.82, 2.24) is 5.32 Å². The van der Waals surface area contributed by atoms with Crippen molar-refractivity contribution in [3.05, 3.63) is 29.8 Å². The zero-order valence-corrected chi connectivity index (χ0v) is 13.0. The molecule has 0 heterocycles. The van der Waals surface area contributed by atoms with Crippen LogP contribution in [0.5, 0.6) is 5.75 Å². The maximum Gasteiger partial charge on any atom is 0.119 e. The van der Waals surface area contributed by atoms with Crippen molar-refractivity contribution >= 4 is 0 Å². The standard InChI is InChI=1S/C18H29NO/c1-3-19-15(2)13-16-9-11-18(12-10-16)20-14-17-7-5-4-6-8-17/h9-12,15,17,19H,3-8,13-14H2,1-2H3. The summed E-state index contributed by atoms with van der Waals surface area (Å²) in [5.74, 6) is 1.80. The summed E-state index contributed by atoms with van der Waals surface area (Å²) in [5.41, 5.74) is 1.38. The number of nitrogens with one attached hydrogen (secondary N) is 1. The first kappa shape index (κ1) is 15.4. The third-order valence-corrected chi connectivity index (χ3v) is 4.23. The molecule has 0 aliphatic heterocycles. The minimum atomic E-state index is 0.536. The minimum Gasteiger partial charge on any atom is -0.493 e. The van der Waals surface area contributed by atoms with Gasteiger partial charge in [-0.25, -0.2) is 0 Å². The molecule has 0 aromatic heterocycles. The second kappa shape index (κ2) is 8.31. The van der Waals surface area contributed by atoms with Gasteiger partial charge in [0.1, 0.15) is 5.75 Å². The monoisotopic (exact) mass is 275 g/mol. The smallest absolute Gasteiger partial charge is 0.119 e. The SMILES string of the molecule is CCNC(C)Cc1ccc(OCC2CCCCC2)cc1. The molecule has 112 valence electrons. The molecule has 20 heavy (non-hydrogen) atoms. The van der Waals surface area contributed by atoms with Gasteiger partial charge in [0.25, 0.3) is 0 Å². The normalized spacial score (nSPS) is 17.9. The minimum absolute atomic E-state index is 0.536. The molecule has 1 aliphatic rings. The van der Waals surface area contributed by atoms with Crippen LogP contribution in [-0.2, 0) is 6.42 Å². The van der Waals surface area contributed by atoms with E-state index in [0.29, 0.717) is 6.04 Å². The van der Waals surface area contributed by atoms with Crippen LogP contribution in [0.3, 0.4) is 0 Å². The molecule has 1 fully saturated rings. The fourth-order valence-electron chi connectivity index (χ4n) is 3.06. The largest absolute Gasteiger partial charge is 0.493 e. The highest BCUT2D eigenvalue weighted by molar-refractivity contribution is 5.27. The Kier molecular flexibility index (Phi) is 6.38. The fraction of sp³-hybridized carbons (Fsp3) is 0.667. The van der Waals surface area contributed by atoms with Gasteiger partial charge in [-0.15, -0.1) is 0 Å². The van der Waals surface area contributed by atoms with Crippen molar-refractivity contribution < 1.29 is 4.74 Å². The molecule has 1 unspecified atom stereocenters. The van der Waals surface area contributed by atoms with Crippen molar-refractivity contribution in [1.29, 1.82) is 0 Å². The zero-order valence-electron chi connectivity index (χ0n) is 13.0. The van der Waals surface area contributed by atoms with Gasteiger partial charge >= 0.3 is 0 Å². The Morgan fingerprint density at radius 3 is 2.50 bits per heavy atom. The second-order valence-corrected chi connectivity index (χ2v) is 6.12. The molecular formula is C18H29NO. The van der Waals surface area contributed by atoms with E-state index in [9.17, 15) is 0 Å². The highest BCUT2D eigenvalue weighted by Crippen LogP contribution is 2.24. The Hall–Kier alpha value is -1.02. The highest BCUT2D eigenvalue weighted by Gasteiger charge is 2.13. The molecule has 0 radical (unpaired) electrons. The van der Waals surface area contributed by atoms with Gasteiger partial charge in [-0.1, -0.05) is 38.3 Å². The van der Waals surface area contributed by atoms with E-state index in [2.05, 4.69) is 43.4 Å². The molecule has 1 atom stereocenters. The molecule has 0 amide bonds. The summed E-state index contributed by atoms with van der Waals surface area (Å²) in [6.45, 7) is 6.31. The van der Waals surface area contributed by atoms with E-state index in [-0.39, 0.29) is 0 Å². The lowest BCUT2D eigenvalue weighted by molar-refractivity contribution is 0.209. The Labute approximate surface area is 123 Å². The van der Waals surface area contributed by atoms with E-state index in [4.69, 9.17) is 4.74 Å². The molecule has 1 aromatic carbocycles. The van der Waals surface area contributed by atoms with Crippen molar-refractivity contribution in [3.8, 4) is 5.75 Å². The summed E-state index contributed by atoms with van der Waals surface area (Å²) in [6, 6.07) is 9.18. The third-order valence-electron chi connectivity index (χ3n) is 4.23. The van der Waals surface area contributed by atoms with Gasteiger partial charge in [-0.05, 0) is 56.3 Å². The van der Waals surface area contributed by atoms with Gasteiger partial charge in [0, 0.05) is 6.04 Å². The number of hydrogen-bond donors (Lipinski definition) is 1. The molecule has 1 aromatic rings. The Morgan fingerprint density at radius 2 is 1.85 bits per heavy atom. The summed E-state index contributed by atoms with van der Waals surface area (Å²) in [6.07, 6.45) is 7.95. The molecule has 0 spiro atoms. The van der Waals surface area contributed by atoms with Crippen molar-refractivity contribution in [2.75, 3.05) is 13.2 Å². The maximum absolute atomic E-state index is 5.94. The molecule has 0 bridgehead atoms. The lowest BCUT2D eigenvalue weighted by atomic mass is 9.90. The second-order valence-electron chi connectivity index (χ2n) is 6.12. The first-order chi connectivity index (χ1) is 9.78. The number of rotatable bonds is 7. The Morgan fingerprint density at radius 1 is 1.15 bits per heavy atom. The van der Waals surface area contributed by atoms with E-state index in [1.54, 1.807) is 0 Å². The molecule has 2 nitrogen and oxygen atoms in total. The van der Waals surface area contributed by atoms with E-state index >= 15 is 0 Å². The predicted octanol–water partition coefficient (Wildman–Crippen LogP) is 4.19. The summed E-state index contributed by atoms with van der Waals surface area (Å²) in [5, 5.41) is 3.45. The number of hydrogen-bond acceptors (Lipinski definition) is 2. The van der Waals surface area contributed by atoms with Gasteiger partial charge < -0.3 is 10.1 Å². The quantitative estimate of drug-likeness (QED) is 0.806. The maximum atomic E-state index is 5.94. The van der Waals surface area contributed by atoms with E-state index in [0.717, 1.165) is 31.2 Å². The molecule has 1 N–H and O–H groups in total. The van der Waals surface area contributed by atoms with Crippen LogP contribution >= 0.6 is 0 Å². The molecule has 1 saturated carbocycles. The number of likely N-dealkylation sites (N-methyl/N-ethyl adjacent to an activating group) is 1. The van der Waals surface area contributed by atoms with E-state index < -0.39 is 0 Å². The summed E-state index contributed by atoms with van der Waals surface area (Å²) >= 11 is 0. The van der Waals surface area contributed by atoms with E-state index in [1.165, 1.54) is 37.7 Å². The average molecular weight is 275 g/mol. The van der Waals surface area contributed by atoms with Crippen LogP contribution in [0.25, 0.3) is 0 Å². The van der Waals surface area contributed by atoms with Crippen LogP contribution in [0.4, 0.5) is 0 Å². The summed E-state index contributed by atoms with van der Waals surface area (Å²) in [7, 11) is 0. The zero-order chi connectivity index (χ0) is 14.2. The summed E-state index contributed by atoms with van der Waals surface area (Å²) < 4.78 is 5.94. The number of benzene rings is 1. The van der Waals surface area contributed by atoms with Crippen molar-refractivity contribution in [3.63, 3.8) is 0 Å². The lowest BCUT2D eigenvalue weighted by Crippen LogP contribution is -2.27. The lowest BCUT2D eigenvalue weighted by Gasteiger charge is -2.21. The van der Waals surface area contributed by atoms with Crippen LogP contribution < -0.4 is 10.1 Å². The highest BCUT2D eigenvalue weighted by atomic mass is 16.5. The van der Waals surface area contributed by atoms with Crippen LogP contribution in [0, 0.1) is 5.92 Å². The molecular weight excluding hydrogens is 246 g/mol. The third kappa shape index (κ3) is 5.16. The van der Waals surface area contributed by atoms with Gasteiger partial charge in [-0.3, -0.25) is 0 Å². The van der Waals surface area contributed by atoms with Crippen LogP contribution in [-0.4, -0.2) is 19.2 Å². The fourth-order valence-corrected chi connectivity index (χ4v) is 3.06. The van der Waals surface area contributed by atoms with Gasteiger partial charge in [0.05, 0.1) is 6.61 Å². The van der Waals surface area contributed by atoms with E-state index in [1.807, 2.05) is 0 Å². The number of ether oxygens (including phenoxy) is 1. The van der Waals surface area contributed by atoms with Gasteiger partial charge in [-0.2, -0.15) is 0 Å². The van der Waals surface area contributed by atoms with Gasteiger partial charge in [0.15, 0.2) is 0 Å². The molecule has 2 heteroatoms. The average Bonchev–Trinajstić information content (AvgIpc) is 2.48. The molecule has 2 rings (SSSR count). The van der Waals surface area contributed by atoms with Crippen molar-refractivity contribution in [2.24, 2.45) is 5.92 Å². The topological polar surface area (TPSA) is 21.3 Å². The Balaban J connectivity index is 1.75.